The van der Waals surface area contributed by atoms with Crippen molar-refractivity contribution in [2.75, 3.05) is 32.8 Å². The van der Waals surface area contributed by atoms with Crippen LogP contribution in [0.3, 0.4) is 0 Å². The Kier molecular flexibility index (Phi) is 6.71. The highest BCUT2D eigenvalue weighted by atomic mass is 79.9. The minimum atomic E-state index is -3.58. The number of aldehydes is 1. The molecule has 1 heterocycles. The summed E-state index contributed by atoms with van der Waals surface area (Å²) < 4.78 is 33.1. The highest BCUT2D eigenvalue weighted by Gasteiger charge is 2.30. The SMILES string of the molecule is Cc1ccc(S(=O)(=O)N2CCN(C(=O)COc3ccc(Br)cc3C=O)CC2)cc1. The molecule has 1 fully saturated rings. The average Bonchev–Trinajstić information content (AvgIpc) is 2.73. The van der Waals surface area contributed by atoms with E-state index in [9.17, 15) is 18.0 Å². The highest BCUT2D eigenvalue weighted by Crippen LogP contribution is 2.22. The van der Waals surface area contributed by atoms with Crippen molar-refractivity contribution in [1.82, 2.24) is 9.21 Å². The first kappa shape index (κ1) is 21.5. The Bertz CT molecular complexity index is 1000. The number of hydrogen-bond acceptors (Lipinski definition) is 5. The van der Waals surface area contributed by atoms with Crippen LogP contribution in [0.25, 0.3) is 0 Å². The molecule has 7 nitrogen and oxygen atoms in total. The molecule has 154 valence electrons. The summed E-state index contributed by atoms with van der Waals surface area (Å²) in [5.41, 5.74) is 1.34. The second kappa shape index (κ2) is 9.06. The number of aryl methyl sites for hydroxylation is 1. The van der Waals surface area contributed by atoms with E-state index in [1.807, 2.05) is 6.92 Å². The van der Waals surface area contributed by atoms with E-state index in [0.29, 0.717) is 17.6 Å². The number of hydrogen-bond donors (Lipinski definition) is 0. The number of piperazine rings is 1. The molecule has 0 bridgehead atoms. The summed E-state index contributed by atoms with van der Waals surface area (Å²) in [4.78, 5) is 25.4. The third kappa shape index (κ3) is 5.04. The van der Waals surface area contributed by atoms with E-state index in [-0.39, 0.29) is 43.6 Å². The van der Waals surface area contributed by atoms with Crippen LogP contribution in [0.15, 0.2) is 51.8 Å². The van der Waals surface area contributed by atoms with Crippen LogP contribution < -0.4 is 4.74 Å². The molecule has 9 heteroatoms. The molecular formula is C20H21BrN2O5S. The normalized spacial score (nSPS) is 15.2. The maximum atomic E-state index is 12.7. The van der Waals surface area contributed by atoms with Gasteiger partial charge >= 0.3 is 0 Å². The number of rotatable bonds is 6. The van der Waals surface area contributed by atoms with Gasteiger partial charge in [0.2, 0.25) is 10.0 Å². The molecule has 0 radical (unpaired) electrons. The van der Waals surface area contributed by atoms with E-state index in [0.717, 1.165) is 10.0 Å². The van der Waals surface area contributed by atoms with Gasteiger partial charge in [0, 0.05) is 30.7 Å². The fraction of sp³-hybridized carbons (Fsp3) is 0.300. The maximum Gasteiger partial charge on any atom is 0.260 e. The lowest BCUT2D eigenvalue weighted by Gasteiger charge is -2.34. The van der Waals surface area contributed by atoms with Gasteiger partial charge in [0.05, 0.1) is 10.5 Å². The summed E-state index contributed by atoms with van der Waals surface area (Å²) in [6.45, 7) is 2.70. The average molecular weight is 481 g/mol. The molecule has 1 aliphatic heterocycles. The van der Waals surface area contributed by atoms with Crippen molar-refractivity contribution in [2.24, 2.45) is 0 Å². The molecule has 2 aromatic rings. The van der Waals surface area contributed by atoms with Gasteiger partial charge in [0.1, 0.15) is 5.75 Å². The maximum absolute atomic E-state index is 12.7. The van der Waals surface area contributed by atoms with Crippen molar-refractivity contribution in [3.05, 3.63) is 58.1 Å². The summed E-state index contributed by atoms with van der Waals surface area (Å²) in [5.74, 6) is 0.0780. The zero-order valence-electron chi connectivity index (χ0n) is 15.9. The standard InChI is InChI=1S/C20H21BrN2O5S/c1-15-2-5-18(6-3-15)29(26,27)23-10-8-22(9-11-23)20(25)14-28-19-7-4-17(21)12-16(19)13-24/h2-7,12-13H,8-11,14H2,1H3. The highest BCUT2D eigenvalue weighted by molar-refractivity contribution is 9.10. The molecule has 0 unspecified atom stereocenters. The first-order chi connectivity index (χ1) is 13.8. The first-order valence-corrected chi connectivity index (χ1v) is 11.3. The van der Waals surface area contributed by atoms with Crippen LogP contribution in [0, 0.1) is 6.92 Å². The summed E-state index contributed by atoms with van der Waals surface area (Å²) in [6.07, 6.45) is 0.666. The number of amides is 1. The summed E-state index contributed by atoms with van der Waals surface area (Å²) >= 11 is 3.28. The quantitative estimate of drug-likeness (QED) is 0.593. The van der Waals surface area contributed by atoms with Crippen molar-refractivity contribution in [2.45, 2.75) is 11.8 Å². The van der Waals surface area contributed by atoms with Crippen molar-refractivity contribution in [1.29, 1.82) is 0 Å². The smallest absolute Gasteiger partial charge is 0.260 e. The van der Waals surface area contributed by atoms with Gasteiger partial charge in [0.15, 0.2) is 12.9 Å². The van der Waals surface area contributed by atoms with Crippen molar-refractivity contribution in [3.63, 3.8) is 0 Å². The van der Waals surface area contributed by atoms with Gasteiger partial charge in [0.25, 0.3) is 5.91 Å². The van der Waals surface area contributed by atoms with Crippen LogP contribution in [-0.2, 0) is 14.8 Å². The van der Waals surface area contributed by atoms with E-state index < -0.39 is 10.0 Å². The van der Waals surface area contributed by atoms with Gasteiger partial charge in [-0.15, -0.1) is 0 Å². The molecule has 1 saturated heterocycles. The fourth-order valence-electron chi connectivity index (χ4n) is 3.01. The predicted octanol–water partition coefficient (Wildman–Crippen LogP) is 2.48. The number of ether oxygens (including phenoxy) is 1. The van der Waals surface area contributed by atoms with Crippen LogP contribution in [0.1, 0.15) is 15.9 Å². The van der Waals surface area contributed by atoms with Crippen LogP contribution in [0.5, 0.6) is 5.75 Å². The Morgan fingerprint density at radius 2 is 1.76 bits per heavy atom. The van der Waals surface area contributed by atoms with Gasteiger partial charge < -0.3 is 9.64 Å². The Morgan fingerprint density at radius 1 is 1.10 bits per heavy atom. The van der Waals surface area contributed by atoms with Crippen LogP contribution >= 0.6 is 15.9 Å². The van der Waals surface area contributed by atoms with Gasteiger partial charge in [-0.2, -0.15) is 4.31 Å². The lowest BCUT2D eigenvalue weighted by molar-refractivity contribution is -0.134. The number of sulfonamides is 1. The van der Waals surface area contributed by atoms with E-state index in [4.69, 9.17) is 4.74 Å². The fourth-order valence-corrected chi connectivity index (χ4v) is 4.81. The van der Waals surface area contributed by atoms with Gasteiger partial charge in [-0.3, -0.25) is 9.59 Å². The molecule has 1 amide bonds. The molecule has 29 heavy (non-hydrogen) atoms. The minimum Gasteiger partial charge on any atom is -0.483 e. The Labute approximate surface area is 178 Å². The summed E-state index contributed by atoms with van der Waals surface area (Å²) in [6, 6.07) is 11.7. The largest absolute Gasteiger partial charge is 0.483 e. The number of benzene rings is 2. The van der Waals surface area contributed by atoms with Crippen LogP contribution in [-0.4, -0.2) is 62.6 Å². The molecular weight excluding hydrogens is 460 g/mol. The lowest BCUT2D eigenvalue weighted by atomic mass is 10.2. The van der Waals surface area contributed by atoms with Crippen LogP contribution in [0.4, 0.5) is 0 Å². The van der Waals surface area contributed by atoms with E-state index in [1.165, 1.54) is 4.31 Å². The number of halogens is 1. The third-order valence-corrected chi connectivity index (χ3v) is 7.11. The molecule has 0 aromatic heterocycles. The number of nitrogens with zero attached hydrogens (tertiary/aromatic N) is 2. The monoisotopic (exact) mass is 480 g/mol. The lowest BCUT2D eigenvalue weighted by Crippen LogP contribution is -2.51. The van der Waals surface area contributed by atoms with Gasteiger partial charge in [-0.1, -0.05) is 33.6 Å². The predicted molar refractivity (Wildman–Crippen MR) is 112 cm³/mol. The zero-order valence-corrected chi connectivity index (χ0v) is 18.3. The zero-order chi connectivity index (χ0) is 21.0. The molecule has 3 rings (SSSR count). The minimum absolute atomic E-state index is 0.215. The van der Waals surface area contributed by atoms with Crippen LogP contribution in [0.2, 0.25) is 0 Å². The molecule has 0 saturated carbocycles. The molecule has 2 aromatic carbocycles. The molecule has 1 aliphatic rings. The molecule has 0 atom stereocenters. The third-order valence-electron chi connectivity index (χ3n) is 4.70. The van der Waals surface area contributed by atoms with Gasteiger partial charge in [-0.25, -0.2) is 8.42 Å². The Balaban J connectivity index is 1.57. The van der Waals surface area contributed by atoms with E-state index in [1.54, 1.807) is 47.4 Å². The van der Waals surface area contributed by atoms with Gasteiger partial charge in [-0.05, 0) is 37.3 Å². The summed E-state index contributed by atoms with van der Waals surface area (Å²) in [5, 5.41) is 0. The van der Waals surface area contributed by atoms with Crippen molar-refractivity contribution in [3.8, 4) is 5.75 Å². The Hall–Kier alpha value is -2.23. The molecule has 0 aliphatic carbocycles. The second-order valence-corrected chi connectivity index (χ2v) is 9.54. The van der Waals surface area contributed by atoms with Crippen molar-refractivity contribution < 1.29 is 22.7 Å². The van der Waals surface area contributed by atoms with Crippen molar-refractivity contribution >= 4 is 38.1 Å². The number of carbonyl (C=O) groups is 2. The number of carbonyl (C=O) groups excluding carboxylic acids is 2. The first-order valence-electron chi connectivity index (χ1n) is 9.03. The summed E-state index contributed by atoms with van der Waals surface area (Å²) in [7, 11) is -3.58. The molecule has 0 spiro atoms. The van der Waals surface area contributed by atoms with E-state index >= 15 is 0 Å². The molecule has 0 N–H and O–H groups in total. The topological polar surface area (TPSA) is 84.0 Å². The Morgan fingerprint density at radius 3 is 2.38 bits per heavy atom. The van der Waals surface area contributed by atoms with E-state index in [2.05, 4.69) is 15.9 Å². The second-order valence-electron chi connectivity index (χ2n) is 6.69.